The second-order valence-corrected chi connectivity index (χ2v) is 6.87. The number of hydrogen-bond donors (Lipinski definition) is 2. The Labute approximate surface area is 125 Å². The van der Waals surface area contributed by atoms with E-state index in [0.717, 1.165) is 37.7 Å². The van der Waals surface area contributed by atoms with E-state index in [1.54, 1.807) is 11.3 Å². The fourth-order valence-electron chi connectivity index (χ4n) is 2.37. The number of anilines is 1. The normalized spacial score (nSPS) is 18.1. The Bertz CT molecular complexity index is 563. The van der Waals surface area contributed by atoms with Crippen molar-refractivity contribution in [2.75, 3.05) is 18.4 Å². The minimum absolute atomic E-state index is 0.593. The molecule has 0 spiro atoms. The Kier molecular flexibility index (Phi) is 3.91. The molecule has 2 aromatic rings. The van der Waals surface area contributed by atoms with E-state index in [4.69, 9.17) is 0 Å². The number of aromatic nitrogens is 2. The lowest BCUT2D eigenvalue weighted by Crippen LogP contribution is -2.35. The van der Waals surface area contributed by atoms with E-state index in [0.29, 0.717) is 5.92 Å². The van der Waals surface area contributed by atoms with Crippen LogP contribution in [-0.4, -0.2) is 22.9 Å². The second kappa shape index (κ2) is 5.64. The summed E-state index contributed by atoms with van der Waals surface area (Å²) in [6.07, 6.45) is 0. The summed E-state index contributed by atoms with van der Waals surface area (Å²) in [5, 5.41) is 13.6. The minimum Gasteiger partial charge on any atom is -0.370 e. The first-order valence-electron chi connectivity index (χ1n) is 6.42. The second-order valence-electron chi connectivity index (χ2n) is 4.96. The molecular formula is C13H17BrN4S. The van der Waals surface area contributed by atoms with Crippen LogP contribution in [0.1, 0.15) is 10.6 Å². The number of nitrogens with one attached hydrogen (secondary N) is 2. The quantitative estimate of drug-likeness (QED) is 0.899. The lowest BCUT2D eigenvalue weighted by molar-refractivity contribution is 0.391. The van der Waals surface area contributed by atoms with Crippen molar-refractivity contribution >= 4 is 33.1 Å². The topological polar surface area (TPSA) is 41.9 Å². The third-order valence-electron chi connectivity index (χ3n) is 3.26. The van der Waals surface area contributed by atoms with E-state index in [2.05, 4.69) is 53.9 Å². The summed E-state index contributed by atoms with van der Waals surface area (Å²) in [6.45, 7) is 6.01. The van der Waals surface area contributed by atoms with Crippen molar-refractivity contribution < 1.29 is 0 Å². The SMILES string of the molecule is Cc1cc2n(n1)CC(CNCc1cc(Br)cs1)CN2. The van der Waals surface area contributed by atoms with E-state index < -0.39 is 0 Å². The lowest BCUT2D eigenvalue weighted by atomic mass is 10.1. The molecule has 1 aliphatic heterocycles. The van der Waals surface area contributed by atoms with Crippen LogP contribution in [0.3, 0.4) is 0 Å². The summed E-state index contributed by atoms with van der Waals surface area (Å²) < 4.78 is 3.25. The maximum absolute atomic E-state index is 4.49. The summed E-state index contributed by atoms with van der Waals surface area (Å²) in [6, 6.07) is 4.28. The molecule has 0 fully saturated rings. The van der Waals surface area contributed by atoms with Crippen LogP contribution in [0.2, 0.25) is 0 Å². The molecule has 0 aromatic carbocycles. The zero-order valence-corrected chi connectivity index (χ0v) is 13.2. The minimum atomic E-state index is 0.593. The highest BCUT2D eigenvalue weighted by molar-refractivity contribution is 9.10. The highest BCUT2D eigenvalue weighted by atomic mass is 79.9. The van der Waals surface area contributed by atoms with Gasteiger partial charge in [0.25, 0.3) is 0 Å². The molecule has 1 aliphatic rings. The molecule has 0 amide bonds. The number of fused-ring (bicyclic) bond motifs is 1. The Balaban J connectivity index is 1.49. The zero-order chi connectivity index (χ0) is 13.2. The fourth-order valence-corrected chi connectivity index (χ4v) is 3.79. The predicted octanol–water partition coefficient (Wildman–Crippen LogP) is 2.85. The van der Waals surface area contributed by atoms with Crippen LogP contribution in [0.25, 0.3) is 0 Å². The van der Waals surface area contributed by atoms with Gasteiger partial charge in [0.1, 0.15) is 5.82 Å². The Morgan fingerprint density at radius 1 is 1.58 bits per heavy atom. The van der Waals surface area contributed by atoms with Crippen LogP contribution < -0.4 is 10.6 Å². The Morgan fingerprint density at radius 3 is 3.26 bits per heavy atom. The van der Waals surface area contributed by atoms with Crippen molar-refractivity contribution in [1.82, 2.24) is 15.1 Å². The Morgan fingerprint density at radius 2 is 2.47 bits per heavy atom. The van der Waals surface area contributed by atoms with Crippen molar-refractivity contribution in [3.05, 3.63) is 32.6 Å². The third kappa shape index (κ3) is 3.19. The highest BCUT2D eigenvalue weighted by Gasteiger charge is 2.18. The molecule has 102 valence electrons. The average Bonchev–Trinajstić information content (AvgIpc) is 2.94. The molecule has 6 heteroatoms. The summed E-state index contributed by atoms with van der Waals surface area (Å²) in [7, 11) is 0. The van der Waals surface area contributed by atoms with Crippen LogP contribution in [0.5, 0.6) is 0 Å². The maximum atomic E-state index is 4.49. The largest absolute Gasteiger partial charge is 0.370 e. The number of rotatable bonds is 4. The lowest BCUT2D eigenvalue weighted by Gasteiger charge is -2.25. The standard InChI is InChI=1S/C13H17BrN4S/c1-9-2-13-16-5-10(7-18(13)17-9)4-15-6-12-3-11(14)8-19-12/h2-3,8,10,15-16H,4-7H2,1H3. The number of hydrogen-bond acceptors (Lipinski definition) is 4. The molecule has 0 saturated carbocycles. The van der Waals surface area contributed by atoms with Crippen molar-refractivity contribution in [3.63, 3.8) is 0 Å². The summed E-state index contributed by atoms with van der Waals surface area (Å²) >= 11 is 5.27. The average molecular weight is 341 g/mol. The molecule has 1 unspecified atom stereocenters. The van der Waals surface area contributed by atoms with E-state index in [-0.39, 0.29) is 0 Å². The van der Waals surface area contributed by atoms with Crippen molar-refractivity contribution in [3.8, 4) is 0 Å². The van der Waals surface area contributed by atoms with Gasteiger partial charge in [-0.3, -0.25) is 0 Å². The molecule has 1 atom stereocenters. The number of aryl methyl sites for hydroxylation is 1. The molecule has 0 radical (unpaired) electrons. The predicted molar refractivity (Wildman–Crippen MR) is 82.7 cm³/mol. The van der Waals surface area contributed by atoms with Crippen molar-refractivity contribution in [2.45, 2.75) is 20.0 Å². The van der Waals surface area contributed by atoms with Crippen LogP contribution in [0.15, 0.2) is 22.0 Å². The maximum Gasteiger partial charge on any atom is 0.124 e. The molecule has 19 heavy (non-hydrogen) atoms. The van der Waals surface area contributed by atoms with Gasteiger partial charge in [0.15, 0.2) is 0 Å². The first kappa shape index (κ1) is 13.1. The molecule has 0 aliphatic carbocycles. The van der Waals surface area contributed by atoms with Gasteiger partial charge in [-0.2, -0.15) is 5.10 Å². The van der Waals surface area contributed by atoms with E-state index in [1.165, 1.54) is 9.35 Å². The van der Waals surface area contributed by atoms with Crippen molar-refractivity contribution in [2.24, 2.45) is 5.92 Å². The van der Waals surface area contributed by atoms with Crippen LogP contribution in [0.4, 0.5) is 5.82 Å². The summed E-state index contributed by atoms with van der Waals surface area (Å²) in [5.41, 5.74) is 1.08. The molecule has 0 saturated heterocycles. The van der Waals surface area contributed by atoms with Gasteiger partial charge in [-0.25, -0.2) is 4.68 Å². The molecule has 0 bridgehead atoms. The van der Waals surface area contributed by atoms with Gasteiger partial charge in [0.05, 0.1) is 5.69 Å². The molecule has 2 aromatic heterocycles. The van der Waals surface area contributed by atoms with E-state index in [1.807, 2.05) is 6.92 Å². The zero-order valence-electron chi connectivity index (χ0n) is 10.8. The smallest absolute Gasteiger partial charge is 0.124 e. The van der Waals surface area contributed by atoms with Gasteiger partial charge in [-0.05, 0) is 28.9 Å². The van der Waals surface area contributed by atoms with Crippen LogP contribution >= 0.6 is 27.3 Å². The first-order valence-corrected chi connectivity index (χ1v) is 8.10. The number of halogens is 1. The molecule has 4 nitrogen and oxygen atoms in total. The first-order chi connectivity index (χ1) is 9.20. The summed E-state index contributed by atoms with van der Waals surface area (Å²) in [4.78, 5) is 1.37. The molecule has 3 heterocycles. The van der Waals surface area contributed by atoms with Gasteiger partial charge in [-0.1, -0.05) is 0 Å². The summed E-state index contributed by atoms with van der Waals surface area (Å²) in [5.74, 6) is 1.74. The van der Waals surface area contributed by atoms with E-state index >= 15 is 0 Å². The monoisotopic (exact) mass is 340 g/mol. The van der Waals surface area contributed by atoms with Gasteiger partial charge in [-0.15, -0.1) is 11.3 Å². The van der Waals surface area contributed by atoms with Crippen LogP contribution in [-0.2, 0) is 13.1 Å². The van der Waals surface area contributed by atoms with Crippen molar-refractivity contribution in [1.29, 1.82) is 0 Å². The van der Waals surface area contributed by atoms with Gasteiger partial charge < -0.3 is 10.6 Å². The Hall–Kier alpha value is -0.850. The number of thiophene rings is 1. The number of nitrogens with zero attached hydrogens (tertiary/aromatic N) is 2. The molecular weight excluding hydrogens is 324 g/mol. The highest BCUT2D eigenvalue weighted by Crippen LogP contribution is 2.20. The fraction of sp³-hybridized carbons (Fsp3) is 0.462. The molecule has 3 rings (SSSR count). The molecule has 2 N–H and O–H groups in total. The van der Waals surface area contributed by atoms with Gasteiger partial charge in [0, 0.05) is 52.9 Å². The van der Waals surface area contributed by atoms with E-state index in [9.17, 15) is 0 Å². The van der Waals surface area contributed by atoms with Gasteiger partial charge >= 0.3 is 0 Å². The van der Waals surface area contributed by atoms with Crippen LogP contribution in [0, 0.1) is 12.8 Å². The van der Waals surface area contributed by atoms with Gasteiger partial charge in [0.2, 0.25) is 0 Å². The third-order valence-corrected chi connectivity index (χ3v) is 4.96.